The van der Waals surface area contributed by atoms with Crippen LogP contribution < -0.4 is 5.32 Å². The number of benzene rings is 4. The van der Waals surface area contributed by atoms with E-state index in [0.717, 1.165) is 40.5 Å². The number of imide groups is 1. The number of hydrogen-bond acceptors (Lipinski definition) is 6. The molecule has 4 aromatic carbocycles. The molecule has 1 aliphatic carbocycles. The van der Waals surface area contributed by atoms with E-state index in [9.17, 15) is 23.6 Å². The summed E-state index contributed by atoms with van der Waals surface area (Å²) in [5, 5.41) is 2.72. The van der Waals surface area contributed by atoms with Crippen LogP contribution in [0.15, 0.2) is 91.0 Å². The van der Waals surface area contributed by atoms with E-state index < -0.39 is 29.7 Å². The third kappa shape index (κ3) is 4.19. The van der Waals surface area contributed by atoms with Gasteiger partial charge in [0.15, 0.2) is 0 Å². The molecular weight excluding hydrogens is 503 g/mol. The Kier molecular flexibility index (Phi) is 5.88. The number of carbonyl (C=O) groups excluding carboxylic acids is 4. The summed E-state index contributed by atoms with van der Waals surface area (Å²) in [6.45, 7) is 0.00396. The Labute approximate surface area is 221 Å². The Morgan fingerprint density at radius 1 is 0.769 bits per heavy atom. The summed E-state index contributed by atoms with van der Waals surface area (Å²) < 4.78 is 19.6. The summed E-state index contributed by atoms with van der Waals surface area (Å²) in [6, 6.07) is 24.7. The van der Waals surface area contributed by atoms with Crippen LogP contribution in [0.3, 0.4) is 0 Å². The van der Waals surface area contributed by atoms with Gasteiger partial charge in [-0.1, -0.05) is 65.7 Å². The van der Waals surface area contributed by atoms with Gasteiger partial charge in [0, 0.05) is 5.92 Å². The largest absolute Gasteiger partial charge is 0.448 e. The molecule has 0 fully saturated rings. The SMILES string of the molecule is O=C(Nc1cc(F)ccc1C(=O)ON1C(=O)c2ccccc2C1=O)OCC1c2ccccc2-c2ccccc21. The monoisotopic (exact) mass is 522 g/mol. The highest BCUT2D eigenvalue weighted by molar-refractivity contribution is 6.21. The number of anilines is 1. The zero-order valence-electron chi connectivity index (χ0n) is 20.2. The van der Waals surface area contributed by atoms with Crippen LogP contribution in [0.4, 0.5) is 14.9 Å². The molecule has 3 amide bonds. The molecule has 0 radical (unpaired) electrons. The van der Waals surface area contributed by atoms with Crippen molar-refractivity contribution >= 4 is 29.6 Å². The predicted molar refractivity (Wildman–Crippen MR) is 137 cm³/mol. The van der Waals surface area contributed by atoms with Gasteiger partial charge >= 0.3 is 12.1 Å². The highest BCUT2D eigenvalue weighted by Gasteiger charge is 2.39. The minimum atomic E-state index is -1.14. The van der Waals surface area contributed by atoms with Gasteiger partial charge in [-0.05, 0) is 52.6 Å². The van der Waals surface area contributed by atoms with Crippen molar-refractivity contribution in [3.63, 3.8) is 0 Å². The van der Waals surface area contributed by atoms with Gasteiger partial charge in [0.2, 0.25) is 0 Å². The summed E-state index contributed by atoms with van der Waals surface area (Å²) in [5.41, 5.74) is 3.81. The number of fused-ring (bicyclic) bond motifs is 4. The molecule has 8 nitrogen and oxygen atoms in total. The van der Waals surface area contributed by atoms with Crippen LogP contribution in [0, 0.1) is 5.82 Å². The van der Waals surface area contributed by atoms with Crippen LogP contribution in [-0.2, 0) is 9.57 Å². The fourth-order valence-corrected chi connectivity index (χ4v) is 4.92. The normalized spacial score (nSPS) is 13.5. The van der Waals surface area contributed by atoms with Gasteiger partial charge < -0.3 is 9.57 Å². The minimum Gasteiger partial charge on any atom is -0.448 e. The lowest BCUT2D eigenvalue weighted by atomic mass is 9.98. The molecule has 192 valence electrons. The quantitative estimate of drug-likeness (QED) is 0.345. The lowest BCUT2D eigenvalue weighted by Gasteiger charge is -2.16. The van der Waals surface area contributed by atoms with E-state index in [1.165, 1.54) is 12.1 Å². The van der Waals surface area contributed by atoms with Crippen LogP contribution in [0.1, 0.15) is 48.1 Å². The minimum absolute atomic E-state index is 0.00396. The van der Waals surface area contributed by atoms with Crippen molar-refractivity contribution in [3.8, 4) is 11.1 Å². The second-order valence-corrected chi connectivity index (χ2v) is 8.97. The number of carbonyl (C=O) groups is 4. The number of nitrogens with zero attached hydrogens (tertiary/aromatic N) is 1. The first-order chi connectivity index (χ1) is 18.9. The van der Waals surface area contributed by atoms with E-state index in [-0.39, 0.29) is 34.9 Å². The van der Waals surface area contributed by atoms with E-state index in [0.29, 0.717) is 5.06 Å². The Hall–Kier alpha value is -5.31. The number of hydrogen-bond donors (Lipinski definition) is 1. The molecule has 0 saturated carbocycles. The topological polar surface area (TPSA) is 102 Å². The van der Waals surface area contributed by atoms with Crippen LogP contribution in [0.5, 0.6) is 0 Å². The molecule has 39 heavy (non-hydrogen) atoms. The maximum atomic E-state index is 14.1. The van der Waals surface area contributed by atoms with Crippen molar-refractivity contribution in [2.75, 3.05) is 11.9 Å². The maximum Gasteiger partial charge on any atom is 0.411 e. The third-order valence-corrected chi connectivity index (χ3v) is 6.71. The molecule has 0 aromatic heterocycles. The lowest BCUT2D eigenvalue weighted by Crippen LogP contribution is -2.33. The van der Waals surface area contributed by atoms with Gasteiger partial charge in [-0.25, -0.2) is 14.0 Å². The number of rotatable bonds is 5. The smallest absolute Gasteiger partial charge is 0.411 e. The van der Waals surface area contributed by atoms with E-state index in [1.54, 1.807) is 12.1 Å². The number of halogens is 1. The standard InChI is InChI=1S/C30H19FN2O6/c31-17-13-14-24(29(36)39-33-27(34)22-11-5-6-12-23(22)28(33)35)26(15-17)32-30(37)38-16-25-20-9-3-1-7-18(20)19-8-2-4-10-21(19)25/h1-15,25H,16H2,(H,32,37). The molecule has 0 saturated heterocycles. The average Bonchev–Trinajstić information content (AvgIpc) is 3.39. The van der Waals surface area contributed by atoms with E-state index >= 15 is 0 Å². The molecule has 1 heterocycles. The maximum absolute atomic E-state index is 14.1. The molecule has 0 bridgehead atoms. The first kappa shape index (κ1) is 24.1. The Balaban J connectivity index is 1.17. The highest BCUT2D eigenvalue weighted by Crippen LogP contribution is 2.44. The van der Waals surface area contributed by atoms with Crippen molar-refractivity contribution in [1.82, 2.24) is 5.06 Å². The molecule has 1 N–H and O–H groups in total. The molecule has 6 rings (SSSR count). The van der Waals surface area contributed by atoms with Gasteiger partial charge in [-0.2, -0.15) is 0 Å². The molecule has 4 aromatic rings. The number of ether oxygens (including phenoxy) is 1. The average molecular weight is 522 g/mol. The highest BCUT2D eigenvalue weighted by atomic mass is 19.1. The lowest BCUT2D eigenvalue weighted by molar-refractivity contribution is -0.0584. The predicted octanol–water partition coefficient (Wildman–Crippen LogP) is 5.55. The first-order valence-electron chi connectivity index (χ1n) is 12.0. The summed E-state index contributed by atoms with van der Waals surface area (Å²) in [4.78, 5) is 55.8. The third-order valence-electron chi connectivity index (χ3n) is 6.71. The van der Waals surface area contributed by atoms with Gasteiger partial charge in [0.25, 0.3) is 11.8 Å². The Morgan fingerprint density at radius 3 is 1.90 bits per heavy atom. The van der Waals surface area contributed by atoms with Crippen molar-refractivity contribution in [3.05, 3.63) is 125 Å². The summed E-state index contributed by atoms with van der Waals surface area (Å²) in [5.74, 6) is -3.69. The van der Waals surface area contributed by atoms with Crippen LogP contribution >= 0.6 is 0 Å². The second-order valence-electron chi connectivity index (χ2n) is 8.97. The van der Waals surface area contributed by atoms with Gasteiger partial charge in [-0.15, -0.1) is 0 Å². The molecule has 0 unspecified atom stereocenters. The zero-order valence-corrected chi connectivity index (χ0v) is 20.2. The van der Waals surface area contributed by atoms with E-state index in [1.807, 2.05) is 48.5 Å². The molecule has 0 atom stereocenters. The van der Waals surface area contributed by atoms with Crippen molar-refractivity contribution in [2.45, 2.75) is 5.92 Å². The van der Waals surface area contributed by atoms with Crippen LogP contribution in [0.25, 0.3) is 11.1 Å². The summed E-state index contributed by atoms with van der Waals surface area (Å²) in [7, 11) is 0. The number of amides is 3. The zero-order chi connectivity index (χ0) is 27.1. The fraction of sp³-hybridized carbons (Fsp3) is 0.0667. The van der Waals surface area contributed by atoms with Gasteiger partial charge in [0.1, 0.15) is 12.4 Å². The summed E-state index contributed by atoms with van der Waals surface area (Å²) in [6.07, 6.45) is -0.919. The fourth-order valence-electron chi connectivity index (χ4n) is 4.92. The molecule has 2 aliphatic rings. The van der Waals surface area contributed by atoms with Crippen molar-refractivity contribution in [1.29, 1.82) is 0 Å². The number of hydroxylamine groups is 2. The second kappa shape index (κ2) is 9.53. The van der Waals surface area contributed by atoms with Crippen LogP contribution in [0.2, 0.25) is 0 Å². The molecular formula is C30H19FN2O6. The van der Waals surface area contributed by atoms with E-state index in [4.69, 9.17) is 9.57 Å². The molecule has 1 aliphatic heterocycles. The number of nitrogens with one attached hydrogen (secondary N) is 1. The van der Waals surface area contributed by atoms with Gasteiger partial charge in [-0.3, -0.25) is 14.9 Å². The van der Waals surface area contributed by atoms with Crippen molar-refractivity contribution in [2.24, 2.45) is 0 Å². The Bertz CT molecular complexity index is 1600. The Morgan fingerprint density at radius 2 is 1.31 bits per heavy atom. The molecule has 0 spiro atoms. The van der Waals surface area contributed by atoms with Crippen LogP contribution in [-0.4, -0.2) is 35.5 Å². The first-order valence-corrected chi connectivity index (χ1v) is 12.0. The van der Waals surface area contributed by atoms with E-state index in [2.05, 4.69) is 5.32 Å². The van der Waals surface area contributed by atoms with Gasteiger partial charge in [0.05, 0.1) is 22.4 Å². The molecule has 9 heteroatoms. The summed E-state index contributed by atoms with van der Waals surface area (Å²) >= 11 is 0. The van der Waals surface area contributed by atoms with Crippen molar-refractivity contribution < 1.29 is 33.1 Å².